The van der Waals surface area contributed by atoms with Crippen LogP contribution < -0.4 is 17.0 Å². The summed E-state index contributed by atoms with van der Waals surface area (Å²) in [6, 6.07) is 0. The van der Waals surface area contributed by atoms with Gasteiger partial charge in [0.05, 0.1) is 19.6 Å². The Balaban J connectivity index is -0.00000450. The molecule has 0 aliphatic carbocycles. The van der Waals surface area contributed by atoms with Gasteiger partial charge in [-0.25, -0.2) is 0 Å². The van der Waals surface area contributed by atoms with Gasteiger partial charge in [0.15, 0.2) is 17.9 Å². The summed E-state index contributed by atoms with van der Waals surface area (Å²) in [5.74, 6) is 2.92. The summed E-state index contributed by atoms with van der Waals surface area (Å²) in [6.45, 7) is 4.82. The van der Waals surface area contributed by atoms with Gasteiger partial charge < -0.3 is 46.4 Å². The molecule has 0 aromatic carbocycles. The van der Waals surface area contributed by atoms with Gasteiger partial charge >= 0.3 is 17.1 Å². The van der Waals surface area contributed by atoms with Crippen molar-refractivity contribution >= 4 is 17.9 Å². The molecule has 0 aromatic heterocycles. The Morgan fingerprint density at radius 2 is 0.606 bits per heavy atom. The number of hydrogen-bond acceptors (Lipinski definition) is 4. The maximum Gasteiger partial charge on any atom is 1.00 e. The van der Waals surface area contributed by atoms with Gasteiger partial charge in [-0.15, -0.1) is 0 Å². The van der Waals surface area contributed by atoms with E-state index in [1.165, 1.54) is 0 Å². The van der Waals surface area contributed by atoms with Gasteiger partial charge in [0.25, 0.3) is 0 Å². The minimum atomic E-state index is 0. The van der Waals surface area contributed by atoms with E-state index >= 15 is 0 Å². The molecule has 10 nitrogen and oxygen atoms in total. The minimum absolute atomic E-state index is 0. The molecule has 0 aliphatic heterocycles. The summed E-state index contributed by atoms with van der Waals surface area (Å²) >= 11 is 0. The average molecular weight is 584 g/mol. The number of halogens is 1. The number of rotatable bonds is 9. The van der Waals surface area contributed by atoms with Gasteiger partial charge in [-0.2, -0.15) is 0 Å². The second kappa shape index (κ2) is 19.1. The normalized spacial score (nSPS) is 9.73. The zero-order valence-corrected chi connectivity index (χ0v) is 25.4. The van der Waals surface area contributed by atoms with Gasteiger partial charge in [0, 0.05) is 104 Å². The molecule has 0 unspecified atom stereocenters. The number of guanidine groups is 3. The molecule has 0 spiro atoms. The van der Waals surface area contributed by atoms with E-state index in [4.69, 9.17) is 15.0 Å². The van der Waals surface area contributed by atoms with Crippen LogP contribution in [0.2, 0.25) is 0 Å². The maximum absolute atomic E-state index is 4.78. The van der Waals surface area contributed by atoms with Crippen LogP contribution in [0, 0.1) is 0 Å². The van der Waals surface area contributed by atoms with E-state index in [0.717, 1.165) is 57.1 Å². The molecule has 33 heavy (non-hydrogen) atoms. The van der Waals surface area contributed by atoms with E-state index in [9.17, 15) is 0 Å². The van der Waals surface area contributed by atoms with Crippen molar-refractivity contribution in [2.45, 2.75) is 0 Å². The topological polar surface area (TPSA) is 59.8 Å². The monoisotopic (exact) mass is 582 g/mol. The zero-order chi connectivity index (χ0) is 24.1. The van der Waals surface area contributed by atoms with E-state index in [1.54, 1.807) is 0 Å². The first-order chi connectivity index (χ1) is 14.4. The van der Waals surface area contributed by atoms with Gasteiger partial charge in [-0.3, -0.25) is 19.9 Å². The van der Waals surface area contributed by atoms with Crippen LogP contribution >= 0.6 is 0 Å². The fourth-order valence-corrected chi connectivity index (χ4v) is 3.26. The van der Waals surface area contributed by atoms with Crippen molar-refractivity contribution in [3.05, 3.63) is 0 Å². The van der Waals surface area contributed by atoms with Crippen molar-refractivity contribution in [1.29, 1.82) is 0 Å². The Labute approximate surface area is 224 Å². The average Bonchev–Trinajstić information content (AvgIpc) is 2.62. The quantitative estimate of drug-likeness (QED) is 0.160. The Kier molecular flexibility index (Phi) is 21.1. The van der Waals surface area contributed by atoms with Crippen molar-refractivity contribution in [3.63, 3.8) is 0 Å². The first-order valence-electron chi connectivity index (χ1n) is 10.8. The molecule has 0 aromatic rings. The SMILES string of the molecule is CN(C)C(=NCCN(CCN=C(N(C)C)N(C)C)CCN=C(N(C)C)N(C)C)N(C)C.[Br-].[Cu+]. The van der Waals surface area contributed by atoms with Crippen molar-refractivity contribution in [2.75, 3.05) is 124 Å². The number of aliphatic imine (C=N–C) groups is 3. The largest absolute Gasteiger partial charge is 1.00 e. The third-order valence-electron chi connectivity index (χ3n) is 4.41. The third kappa shape index (κ3) is 15.3. The summed E-state index contributed by atoms with van der Waals surface area (Å²) < 4.78 is 0. The van der Waals surface area contributed by atoms with Crippen molar-refractivity contribution < 1.29 is 34.1 Å². The van der Waals surface area contributed by atoms with Crippen molar-refractivity contribution in [2.24, 2.45) is 15.0 Å². The van der Waals surface area contributed by atoms with Crippen LogP contribution in [0.15, 0.2) is 15.0 Å². The van der Waals surface area contributed by atoms with Crippen LogP contribution in [0.1, 0.15) is 0 Å². The first kappa shape index (κ1) is 36.3. The molecule has 0 amide bonds. The van der Waals surface area contributed by atoms with Gasteiger partial charge in [0.1, 0.15) is 0 Å². The fourth-order valence-electron chi connectivity index (χ4n) is 3.26. The smallest absolute Gasteiger partial charge is 1.00 e. The first-order valence-corrected chi connectivity index (χ1v) is 10.8. The van der Waals surface area contributed by atoms with Crippen LogP contribution in [0.5, 0.6) is 0 Å². The van der Waals surface area contributed by atoms with E-state index in [-0.39, 0.29) is 34.1 Å². The van der Waals surface area contributed by atoms with Crippen LogP contribution in [-0.4, -0.2) is 176 Å². The van der Waals surface area contributed by atoms with E-state index < -0.39 is 0 Å². The number of hydrogen-bond donors (Lipinski definition) is 0. The Morgan fingerprint density at radius 1 is 0.424 bits per heavy atom. The Hall–Kier alpha value is -1.23. The summed E-state index contributed by atoms with van der Waals surface area (Å²) in [7, 11) is 24.3. The molecule has 0 rings (SSSR count). The second-order valence-corrected chi connectivity index (χ2v) is 8.75. The molecule has 0 saturated carbocycles. The molecule has 0 atom stereocenters. The van der Waals surface area contributed by atoms with E-state index in [2.05, 4.69) is 4.90 Å². The maximum atomic E-state index is 4.78. The third-order valence-corrected chi connectivity index (χ3v) is 4.41. The van der Waals surface area contributed by atoms with Gasteiger partial charge in [0.2, 0.25) is 0 Å². The molecular weight excluding hydrogens is 536 g/mol. The van der Waals surface area contributed by atoms with Crippen molar-refractivity contribution in [3.8, 4) is 0 Å². The Bertz CT molecular complexity index is 479. The molecule has 0 saturated heterocycles. The molecule has 0 aliphatic rings. The summed E-state index contributed by atoms with van der Waals surface area (Å²) in [4.78, 5) is 29.0. The van der Waals surface area contributed by atoms with Crippen LogP contribution in [-0.2, 0) is 17.1 Å². The zero-order valence-electron chi connectivity index (χ0n) is 22.9. The summed E-state index contributed by atoms with van der Waals surface area (Å²) in [5.41, 5.74) is 0. The van der Waals surface area contributed by atoms with E-state index in [0.29, 0.717) is 0 Å². The van der Waals surface area contributed by atoms with Crippen molar-refractivity contribution in [1.82, 2.24) is 34.3 Å². The molecule has 0 radical (unpaired) electrons. The molecule has 200 valence electrons. The van der Waals surface area contributed by atoms with Gasteiger partial charge in [-0.1, -0.05) is 0 Å². The Morgan fingerprint density at radius 3 is 0.758 bits per heavy atom. The van der Waals surface area contributed by atoms with Gasteiger partial charge in [-0.05, 0) is 0 Å². The second-order valence-electron chi connectivity index (χ2n) is 8.75. The molecule has 0 bridgehead atoms. The van der Waals surface area contributed by atoms with E-state index in [1.807, 2.05) is 114 Å². The summed E-state index contributed by atoms with van der Waals surface area (Å²) in [6.07, 6.45) is 0. The van der Waals surface area contributed by atoms with Crippen LogP contribution in [0.25, 0.3) is 0 Å². The molecule has 0 N–H and O–H groups in total. The predicted octanol–water partition coefficient (Wildman–Crippen LogP) is -3.27. The van der Waals surface area contributed by atoms with Crippen LogP contribution in [0.3, 0.4) is 0 Å². The standard InChI is InChI=1S/C21H48N10.BrH.Cu/c1-25(2)19(26(3)4)22-13-16-31(17-14-23-20(27(5)6)28(7)8)18-15-24-21(29(9)10)30(11)12;;/h13-18H2,1-12H3;1H;/q;;+1/p-1. The van der Waals surface area contributed by atoms with Crippen LogP contribution in [0.4, 0.5) is 0 Å². The predicted molar refractivity (Wildman–Crippen MR) is 135 cm³/mol. The molecular formula is C21H48BrCuN10. The minimum Gasteiger partial charge on any atom is -1.00 e. The number of nitrogens with zero attached hydrogens (tertiary/aromatic N) is 10. The fraction of sp³-hybridized carbons (Fsp3) is 0.857. The molecule has 0 heterocycles. The molecule has 0 fully saturated rings. The molecule has 12 heteroatoms. The summed E-state index contributed by atoms with van der Waals surface area (Å²) in [5, 5.41) is 0.